The first-order chi connectivity index (χ1) is 21.0. The predicted molar refractivity (Wildman–Crippen MR) is 172 cm³/mol. The number of likely N-dealkylation sites (tertiary alicyclic amines) is 1. The Morgan fingerprint density at radius 2 is 1.76 bits per heavy atom. The van der Waals surface area contributed by atoms with Crippen LogP contribution in [-0.4, -0.2) is 127 Å². The molecule has 0 spiro atoms. The molecule has 4 heterocycles. The summed E-state index contributed by atoms with van der Waals surface area (Å²) in [5.41, 5.74) is -1.10. The van der Waals surface area contributed by atoms with Crippen LogP contribution in [0, 0.1) is 23.2 Å². The average molecular weight is 634 g/mol. The highest BCUT2D eigenvalue weighted by Crippen LogP contribution is 2.38. The Kier molecular flexibility index (Phi) is 11.6. The molecule has 1 aromatic heterocycles. The molecule has 0 aliphatic carbocycles. The largest absolute Gasteiger partial charge is 0.463 e. The lowest BCUT2D eigenvalue weighted by atomic mass is 9.74. The van der Waals surface area contributed by atoms with Crippen molar-refractivity contribution in [1.29, 1.82) is 0 Å². The fourth-order valence-corrected chi connectivity index (χ4v) is 7.77. The van der Waals surface area contributed by atoms with Crippen LogP contribution in [0.3, 0.4) is 0 Å². The van der Waals surface area contributed by atoms with Gasteiger partial charge in [-0.2, -0.15) is 0 Å². The van der Waals surface area contributed by atoms with Gasteiger partial charge in [0.2, 0.25) is 0 Å². The second kappa shape index (κ2) is 14.5. The van der Waals surface area contributed by atoms with E-state index in [-0.39, 0.29) is 30.5 Å². The van der Waals surface area contributed by atoms with E-state index in [0.29, 0.717) is 24.8 Å². The zero-order chi connectivity index (χ0) is 33.3. The number of hydrogen-bond donors (Lipinski definition) is 0. The van der Waals surface area contributed by atoms with Crippen molar-refractivity contribution in [3.63, 3.8) is 0 Å². The van der Waals surface area contributed by atoms with Crippen molar-refractivity contribution in [3.05, 3.63) is 18.2 Å². The zero-order valence-electron chi connectivity index (χ0n) is 29.6. The van der Waals surface area contributed by atoms with Crippen LogP contribution >= 0.6 is 0 Å². The van der Waals surface area contributed by atoms with E-state index in [9.17, 15) is 9.59 Å². The van der Waals surface area contributed by atoms with E-state index in [2.05, 4.69) is 54.7 Å². The van der Waals surface area contributed by atoms with Crippen LogP contribution in [0.15, 0.2) is 12.5 Å². The molecule has 3 aliphatic rings. The van der Waals surface area contributed by atoms with Crippen molar-refractivity contribution in [2.45, 2.75) is 104 Å². The number of aryl methyl sites for hydroxylation is 1. The predicted octanol–water partition coefficient (Wildman–Crippen LogP) is 3.21. The molecule has 0 bridgehead atoms. The molecule has 11 nitrogen and oxygen atoms in total. The summed E-state index contributed by atoms with van der Waals surface area (Å²) in [6, 6.07) is 0.331. The number of nitrogens with zero attached hydrogens (tertiary/aromatic N) is 5. The van der Waals surface area contributed by atoms with Crippen LogP contribution in [0.25, 0.3) is 0 Å². The zero-order valence-corrected chi connectivity index (χ0v) is 29.6. The van der Waals surface area contributed by atoms with E-state index in [0.717, 1.165) is 38.3 Å². The standard InChI is InChI=1S/C34H59N5O6/c1-22-14-34(6,42-11)31(45-29-13-27(36(7)8)12-23(2)44-29)24(3)30(40)33(4,5)32(41)43-20-28(38(10)15-22)25-16-39(17-25)19-26-18-37(9)21-35-26/h18,21-25,27-29,31H,12-17,19-20H2,1-11H3/t22-,23-,24+,27+,28?,29+,31-,34-/m1/s1. The molecular formula is C34H59N5O6. The Morgan fingerprint density at radius 1 is 1.07 bits per heavy atom. The number of carbonyl (C=O) groups is 2. The molecule has 3 aliphatic heterocycles. The minimum Gasteiger partial charge on any atom is -0.463 e. The summed E-state index contributed by atoms with van der Waals surface area (Å²) >= 11 is 0. The minimum absolute atomic E-state index is 0.0213. The molecule has 0 N–H and O–H groups in total. The van der Waals surface area contributed by atoms with Crippen LogP contribution in [0.1, 0.15) is 66.5 Å². The van der Waals surface area contributed by atoms with Crippen LogP contribution in [0.5, 0.6) is 0 Å². The van der Waals surface area contributed by atoms with Crippen molar-refractivity contribution >= 4 is 11.8 Å². The normalized spacial score (nSPS) is 36.6. The number of esters is 1. The number of imidazole rings is 1. The number of Topliss-reactive ketones (excluding diaryl/α,β-unsaturated/α-hetero) is 1. The smallest absolute Gasteiger partial charge is 0.319 e. The van der Waals surface area contributed by atoms with E-state index in [1.54, 1.807) is 21.0 Å². The van der Waals surface area contributed by atoms with Gasteiger partial charge in [0.05, 0.1) is 29.8 Å². The van der Waals surface area contributed by atoms with Crippen molar-refractivity contribution in [2.75, 3.05) is 54.5 Å². The average Bonchev–Trinajstić information content (AvgIpc) is 3.36. The SMILES string of the molecule is CO[C@]1(C)C[C@@H](C)CN(C)C(C2CN(Cc3cn(C)cn3)C2)COC(=O)C(C)(C)C(=O)[C@H](C)[C@H]1O[C@H]1C[C@@H](N(C)C)C[C@@H](C)O1. The van der Waals surface area contributed by atoms with Gasteiger partial charge in [0.15, 0.2) is 12.1 Å². The first-order valence-corrected chi connectivity index (χ1v) is 16.7. The second-order valence-corrected chi connectivity index (χ2v) is 15.2. The third-order valence-corrected chi connectivity index (χ3v) is 10.5. The van der Waals surface area contributed by atoms with E-state index in [1.807, 2.05) is 38.0 Å². The monoisotopic (exact) mass is 633 g/mol. The third kappa shape index (κ3) is 8.34. The Balaban J connectivity index is 1.57. The summed E-state index contributed by atoms with van der Waals surface area (Å²) < 4.78 is 27.3. The number of aromatic nitrogens is 2. The van der Waals surface area contributed by atoms with Gasteiger partial charge in [-0.15, -0.1) is 0 Å². The highest BCUT2D eigenvalue weighted by molar-refractivity contribution is 6.04. The lowest BCUT2D eigenvalue weighted by Crippen LogP contribution is -2.58. The topological polar surface area (TPSA) is 98.6 Å². The molecule has 11 heteroatoms. The first-order valence-electron chi connectivity index (χ1n) is 16.7. The van der Waals surface area contributed by atoms with E-state index in [4.69, 9.17) is 18.9 Å². The van der Waals surface area contributed by atoms with Crippen molar-refractivity contribution in [2.24, 2.45) is 30.2 Å². The van der Waals surface area contributed by atoms with Crippen molar-refractivity contribution in [1.82, 2.24) is 24.3 Å². The first kappa shape index (κ1) is 36.0. The van der Waals surface area contributed by atoms with Gasteiger partial charge in [0.1, 0.15) is 12.0 Å². The molecule has 8 atom stereocenters. The quantitative estimate of drug-likeness (QED) is 0.329. The summed E-state index contributed by atoms with van der Waals surface area (Å²) in [5.74, 6) is -0.796. The van der Waals surface area contributed by atoms with Crippen LogP contribution < -0.4 is 0 Å². The summed E-state index contributed by atoms with van der Waals surface area (Å²) in [7, 11) is 9.94. The number of cyclic esters (lactones) is 1. The molecule has 3 saturated heterocycles. The molecule has 1 aromatic rings. The number of likely N-dealkylation sites (N-methyl/N-ethyl adjacent to an activating group) is 1. The Morgan fingerprint density at radius 3 is 2.36 bits per heavy atom. The lowest BCUT2D eigenvalue weighted by molar-refractivity contribution is -0.263. The number of ether oxygens (including phenoxy) is 4. The van der Waals surface area contributed by atoms with E-state index >= 15 is 0 Å². The van der Waals surface area contributed by atoms with Gasteiger partial charge in [-0.25, -0.2) is 4.98 Å². The summed E-state index contributed by atoms with van der Waals surface area (Å²) in [6.07, 6.45) is 5.06. The molecule has 0 aromatic carbocycles. The van der Waals surface area contributed by atoms with E-state index < -0.39 is 35.3 Å². The third-order valence-electron chi connectivity index (χ3n) is 10.5. The van der Waals surface area contributed by atoms with Gasteiger partial charge in [0, 0.05) is 76.9 Å². The van der Waals surface area contributed by atoms with Crippen LogP contribution in [-0.2, 0) is 42.1 Å². The molecule has 1 unspecified atom stereocenters. The lowest BCUT2D eigenvalue weighted by Gasteiger charge is -2.47. The molecular weight excluding hydrogens is 574 g/mol. The molecule has 0 saturated carbocycles. The van der Waals surface area contributed by atoms with Gasteiger partial charge in [-0.05, 0) is 67.6 Å². The Bertz CT molecular complexity index is 1150. The van der Waals surface area contributed by atoms with Crippen molar-refractivity contribution in [3.8, 4) is 0 Å². The second-order valence-electron chi connectivity index (χ2n) is 15.2. The number of rotatable bonds is 7. The number of ketones is 1. The van der Waals surface area contributed by atoms with Gasteiger partial charge in [-0.1, -0.05) is 13.8 Å². The number of methoxy groups -OCH3 is 1. The van der Waals surface area contributed by atoms with Crippen molar-refractivity contribution < 1.29 is 28.5 Å². The fourth-order valence-electron chi connectivity index (χ4n) is 7.77. The summed E-state index contributed by atoms with van der Waals surface area (Å²) in [4.78, 5) is 39.2. The molecule has 4 rings (SSSR count). The highest BCUT2D eigenvalue weighted by Gasteiger charge is 2.51. The summed E-state index contributed by atoms with van der Waals surface area (Å²) in [6.45, 7) is 15.2. The molecule has 0 radical (unpaired) electrons. The number of hydrogen-bond acceptors (Lipinski definition) is 10. The van der Waals surface area contributed by atoms with Gasteiger partial charge >= 0.3 is 5.97 Å². The van der Waals surface area contributed by atoms with Gasteiger partial charge < -0.3 is 28.4 Å². The van der Waals surface area contributed by atoms with Crippen LogP contribution in [0.4, 0.5) is 0 Å². The molecule has 0 amide bonds. The summed E-state index contributed by atoms with van der Waals surface area (Å²) in [5, 5.41) is 0. The van der Waals surface area contributed by atoms with E-state index in [1.165, 1.54) is 0 Å². The fraction of sp³-hybridized carbons (Fsp3) is 0.853. The molecule has 256 valence electrons. The Hall–Kier alpha value is -1.89. The van der Waals surface area contributed by atoms with Crippen LogP contribution in [0.2, 0.25) is 0 Å². The van der Waals surface area contributed by atoms with Gasteiger partial charge in [-0.3, -0.25) is 19.4 Å². The Labute approximate surface area is 270 Å². The minimum atomic E-state index is -1.35. The highest BCUT2D eigenvalue weighted by atomic mass is 16.7. The maximum Gasteiger partial charge on any atom is 0.319 e. The maximum absolute atomic E-state index is 14.2. The van der Waals surface area contributed by atoms with Gasteiger partial charge in [0.25, 0.3) is 0 Å². The molecule has 3 fully saturated rings. The maximum atomic E-state index is 14.2. The number of carbonyl (C=O) groups excluding carboxylic acids is 2. The molecule has 45 heavy (non-hydrogen) atoms.